The monoisotopic (exact) mass is 856 g/mol. The summed E-state index contributed by atoms with van der Waals surface area (Å²) in [6.45, 7) is 7.95. The van der Waals surface area contributed by atoms with E-state index in [1.54, 1.807) is 19.0 Å². The Morgan fingerprint density at radius 1 is 1.00 bits per heavy atom. The van der Waals surface area contributed by atoms with E-state index in [1.165, 1.54) is 36.4 Å². The summed E-state index contributed by atoms with van der Waals surface area (Å²) in [6, 6.07) is 18.2. The lowest BCUT2D eigenvalue weighted by Gasteiger charge is -2.22. The van der Waals surface area contributed by atoms with E-state index >= 15 is 0 Å². The molecule has 0 amide bonds. The lowest BCUT2D eigenvalue weighted by molar-refractivity contribution is -0.385. The number of nitro groups is 2. The van der Waals surface area contributed by atoms with Crippen LogP contribution in [0, 0.1) is 20.2 Å². The van der Waals surface area contributed by atoms with E-state index in [0.717, 1.165) is 44.3 Å². The van der Waals surface area contributed by atoms with Gasteiger partial charge in [0.25, 0.3) is 17.7 Å². The summed E-state index contributed by atoms with van der Waals surface area (Å²) in [5, 5.41) is 37.5. The van der Waals surface area contributed by atoms with Crippen LogP contribution in [-0.2, 0) is 28.2 Å². The van der Waals surface area contributed by atoms with Crippen LogP contribution in [0.4, 0.5) is 17.1 Å². The van der Waals surface area contributed by atoms with Gasteiger partial charge in [-0.1, -0.05) is 46.1 Å². The van der Waals surface area contributed by atoms with Gasteiger partial charge in [0.2, 0.25) is 0 Å². The van der Waals surface area contributed by atoms with Crippen LogP contribution < -0.4 is 11.0 Å². The molecule has 1 aliphatic rings. The van der Waals surface area contributed by atoms with Crippen molar-refractivity contribution >= 4 is 38.2 Å². The van der Waals surface area contributed by atoms with Crippen LogP contribution in [0.3, 0.4) is 0 Å². The van der Waals surface area contributed by atoms with E-state index in [1.807, 2.05) is 38.1 Å². The molecule has 4 rings (SSSR count). The van der Waals surface area contributed by atoms with Crippen molar-refractivity contribution in [2.75, 3.05) is 45.1 Å². The second-order valence-corrected chi connectivity index (χ2v) is 14.7. The highest BCUT2D eigenvalue weighted by Crippen LogP contribution is 2.30. The first-order valence-corrected chi connectivity index (χ1v) is 21.2. The molecule has 3 aromatic carbocycles. The zero-order chi connectivity index (χ0) is 44.1. The summed E-state index contributed by atoms with van der Waals surface area (Å²) in [7, 11) is -2.37. The highest BCUT2D eigenvalue weighted by Gasteiger charge is 2.32. The minimum atomic E-state index is -1.74. The van der Waals surface area contributed by atoms with Gasteiger partial charge in [-0.25, -0.2) is 0 Å². The summed E-state index contributed by atoms with van der Waals surface area (Å²) in [4.78, 5) is 33.0. The summed E-state index contributed by atoms with van der Waals surface area (Å²) in [5.74, 6) is 0. The largest absolute Gasteiger partial charge is 0.437 e. The fraction of sp³-hybridized carbons (Fsp3) is 0.513. The van der Waals surface area contributed by atoms with Crippen molar-refractivity contribution in [2.24, 2.45) is 5.11 Å². The minimum absolute atomic E-state index is 0.00695. The van der Waals surface area contributed by atoms with Crippen molar-refractivity contribution < 1.29 is 47.9 Å². The van der Waals surface area contributed by atoms with Gasteiger partial charge < -0.3 is 39.7 Å². The van der Waals surface area contributed by atoms with E-state index in [2.05, 4.69) is 15.3 Å². The Bertz CT molecular complexity index is 1800. The maximum Gasteiger partial charge on any atom is 0.429 e. The van der Waals surface area contributed by atoms with Crippen molar-refractivity contribution in [3.63, 3.8) is 0 Å². The number of ether oxygens (including phenoxy) is 5. The van der Waals surface area contributed by atoms with Gasteiger partial charge in [0.05, 0.1) is 35.7 Å². The lowest BCUT2D eigenvalue weighted by Crippen LogP contribution is -2.34. The third kappa shape index (κ3) is 20.9. The van der Waals surface area contributed by atoms with Crippen molar-refractivity contribution in [1.29, 1.82) is 0 Å². The van der Waals surface area contributed by atoms with Gasteiger partial charge in [0, 0.05) is 59.7 Å². The summed E-state index contributed by atoms with van der Waals surface area (Å²) < 4.78 is 39.4. The maximum absolute atomic E-state index is 12.1. The molecule has 3 aromatic rings. The first kappa shape index (κ1) is 51.3. The molecule has 326 valence electrons. The number of anilines is 1. The number of nitrogens with two attached hydrogens (primary N) is 1. The summed E-state index contributed by atoms with van der Waals surface area (Å²) >= 11 is 0. The van der Waals surface area contributed by atoms with Crippen LogP contribution in [0.5, 0.6) is 0 Å². The molecular formula is C39H56BN7O12P+. The highest BCUT2D eigenvalue weighted by molar-refractivity contribution is 7.44. The summed E-state index contributed by atoms with van der Waals surface area (Å²) in [5.41, 5.74) is 17.2. The maximum atomic E-state index is 12.1. The van der Waals surface area contributed by atoms with E-state index in [4.69, 9.17) is 34.9 Å². The van der Waals surface area contributed by atoms with Gasteiger partial charge in [-0.15, -0.1) is 0 Å². The van der Waals surface area contributed by atoms with Gasteiger partial charge >= 0.3 is 20.9 Å². The van der Waals surface area contributed by atoms with Gasteiger partial charge in [-0.3, -0.25) is 25.0 Å². The van der Waals surface area contributed by atoms with Crippen molar-refractivity contribution in [3.05, 3.63) is 120 Å². The molecule has 19 nitrogen and oxygen atoms in total. The van der Waals surface area contributed by atoms with Gasteiger partial charge in [-0.2, -0.15) is 0 Å². The number of nitro benzene ring substituents is 2. The van der Waals surface area contributed by atoms with Crippen molar-refractivity contribution in [2.45, 2.75) is 90.0 Å². The Morgan fingerprint density at radius 3 is 2.25 bits per heavy atom. The molecule has 0 saturated carbocycles. The number of azide groups is 1. The van der Waals surface area contributed by atoms with Crippen molar-refractivity contribution in [1.82, 2.24) is 5.23 Å². The van der Waals surface area contributed by atoms with Crippen LogP contribution in [0.1, 0.15) is 92.4 Å². The third-order valence-electron chi connectivity index (χ3n) is 8.55. The normalized spacial score (nSPS) is 14.6. The number of nitrogen functional groups attached to an aromatic ring is 1. The van der Waals surface area contributed by atoms with Crippen LogP contribution in [0.2, 0.25) is 6.82 Å². The fourth-order valence-corrected chi connectivity index (χ4v) is 6.82. The molecule has 4 atom stereocenters. The van der Waals surface area contributed by atoms with Crippen molar-refractivity contribution in [3.8, 4) is 0 Å². The molecular weight excluding hydrogens is 800 g/mol. The van der Waals surface area contributed by atoms with Gasteiger partial charge in [0.1, 0.15) is 6.29 Å². The number of rotatable bonds is 24. The Kier molecular flexibility index (Phi) is 25.8. The molecule has 21 heteroatoms. The number of carbonyl (C=O) groups is 1. The molecule has 0 aromatic heterocycles. The van der Waals surface area contributed by atoms with E-state index in [0.29, 0.717) is 62.4 Å². The van der Waals surface area contributed by atoms with Gasteiger partial charge in [0.15, 0.2) is 6.29 Å². The number of carbonyl (C=O) groups excluding carboxylic acids is 1. The molecule has 1 heterocycles. The number of hydrogen-bond donors (Lipinski definition) is 3. The summed E-state index contributed by atoms with van der Waals surface area (Å²) in [6.07, 6.45) is 6.39. The smallest absolute Gasteiger partial charge is 0.429 e. The standard InChI is InChI=1S/C17H31BN2O5P.C15H20N4O4.C7H5NO3/c1-4-24-17(25-5-2)26(22)13-23-11-7-10-16(20-18(3)21)14-8-6-9-15(19)12-14;16-18-17-14(12-5-3-6-13(11-12)19(20)21)7-4-10-23-15-8-1-2-9-22-15;9-5-6-2-1-3-7(4-6)8(10)11/h6,8-9,12,16-17,20-21H,4-5,7,10-11,13,19H2,1-3H3;3,5-6,11,14-15H,1-2,4,7-10H2;1-5H/q+1;;. The molecule has 0 radical (unpaired) electrons. The number of aldehydes is 1. The predicted molar refractivity (Wildman–Crippen MR) is 228 cm³/mol. The predicted octanol–water partition coefficient (Wildman–Crippen LogP) is 8.63. The van der Waals surface area contributed by atoms with E-state index in [9.17, 15) is 34.6 Å². The van der Waals surface area contributed by atoms with Gasteiger partial charge in [-0.05, 0) is 94.4 Å². The fourth-order valence-electron chi connectivity index (χ4n) is 5.76. The van der Waals surface area contributed by atoms with E-state index < -0.39 is 36.8 Å². The molecule has 0 aliphatic carbocycles. The zero-order valence-corrected chi connectivity index (χ0v) is 35.2. The molecule has 4 unspecified atom stereocenters. The highest BCUT2D eigenvalue weighted by atomic mass is 31.1. The Hall–Kier alpha value is -4.88. The first-order valence-electron chi connectivity index (χ1n) is 19.7. The number of nitrogens with zero attached hydrogens (tertiary/aromatic N) is 5. The third-order valence-corrected chi connectivity index (χ3v) is 9.75. The second kappa shape index (κ2) is 30.2. The SMILES string of the molecule is CCOC(OCC)[P+](=O)COCCCC(NB(C)O)c1cccc(N)c1.O=Cc1cccc([N+](=O)[O-])c1.[N-]=[N+]=NC(CCCOC1CCCCO1)c1cccc([N+](=O)[O-])c1. The number of hydrogen-bond acceptors (Lipinski definition) is 15. The molecule has 1 fully saturated rings. The van der Waals surface area contributed by atoms with Crippen LogP contribution >= 0.6 is 7.80 Å². The second-order valence-electron chi connectivity index (χ2n) is 13.2. The molecule has 1 saturated heterocycles. The van der Waals surface area contributed by atoms with E-state index in [-0.39, 0.29) is 30.1 Å². The minimum Gasteiger partial charge on any atom is -0.437 e. The van der Waals surface area contributed by atoms with Crippen LogP contribution in [0.25, 0.3) is 10.4 Å². The molecule has 4 N–H and O–H groups in total. The number of non-ortho nitro benzene ring substituents is 2. The Labute approximate surface area is 351 Å². The van der Waals surface area contributed by atoms with Crippen LogP contribution in [-0.4, -0.2) is 79.9 Å². The Morgan fingerprint density at radius 2 is 1.65 bits per heavy atom. The zero-order valence-electron chi connectivity index (χ0n) is 34.3. The average Bonchev–Trinajstić information content (AvgIpc) is 3.24. The average molecular weight is 857 g/mol. The molecule has 0 spiro atoms. The lowest BCUT2D eigenvalue weighted by atomic mass is 9.85. The topological polar surface area (TPSA) is 274 Å². The molecule has 1 aliphatic heterocycles. The van der Waals surface area contributed by atoms with Crippen LogP contribution in [0.15, 0.2) is 77.9 Å². The first-order chi connectivity index (χ1) is 28.9. The number of nitrogens with one attached hydrogen (secondary N) is 1. The molecule has 0 bridgehead atoms. The number of benzene rings is 3. The molecule has 60 heavy (non-hydrogen) atoms. The quantitative estimate of drug-likeness (QED) is 0.00650. The Balaban J connectivity index is 0.000000333.